The first-order chi connectivity index (χ1) is 15.4. The fourth-order valence-corrected chi connectivity index (χ4v) is 4.70. The highest BCUT2D eigenvalue weighted by Crippen LogP contribution is 2.24. The third-order valence-electron chi connectivity index (χ3n) is 5.82. The van der Waals surface area contributed by atoms with E-state index in [0.717, 1.165) is 46.3 Å². The van der Waals surface area contributed by atoms with Crippen LogP contribution in [-0.4, -0.2) is 38.7 Å². The van der Waals surface area contributed by atoms with Crippen molar-refractivity contribution in [3.8, 4) is 0 Å². The van der Waals surface area contributed by atoms with E-state index < -0.39 is 0 Å². The highest BCUT2D eigenvalue weighted by Gasteiger charge is 2.25. The minimum Gasteiger partial charge on any atom is -0.330 e. The Labute approximate surface area is 197 Å². The number of carbonyl (C=O) groups is 1. The number of carbonyl (C=O) groups excluding carboxylic acids is 1. The predicted molar refractivity (Wildman–Crippen MR) is 132 cm³/mol. The average molecular weight is 469 g/mol. The van der Waals surface area contributed by atoms with Crippen molar-refractivity contribution in [2.45, 2.75) is 40.3 Å². The molecule has 1 amide bonds. The number of likely N-dealkylation sites (tertiary alicyclic amines) is 1. The number of pyridine rings is 1. The van der Waals surface area contributed by atoms with Crippen LogP contribution in [0.4, 0.5) is 16.6 Å². The number of nitrogens with one attached hydrogen (secondary N) is 2. The zero-order chi connectivity index (χ0) is 22.7. The lowest BCUT2D eigenvalue weighted by Gasteiger charge is -2.30. The van der Waals surface area contributed by atoms with Crippen molar-refractivity contribution in [2.75, 3.05) is 23.7 Å². The standard InChI is InChI=1S/C23H28N6OS2/c1-15-4-7-20(24-13-15)26-21(30)18-8-10-28(11-9-18)14-29-23(31)32-22(27-29)25-19-6-5-16(2)17(3)12-19/h4-7,12-13,18H,8-11,14H2,1-3H3,(H,25,27)(H,24,26,30). The van der Waals surface area contributed by atoms with Crippen LogP contribution < -0.4 is 10.6 Å². The fraction of sp³-hybridized carbons (Fsp3) is 0.391. The van der Waals surface area contributed by atoms with Crippen LogP contribution in [0.5, 0.6) is 0 Å². The van der Waals surface area contributed by atoms with Crippen LogP contribution in [-0.2, 0) is 11.5 Å². The average Bonchev–Trinajstić information content (AvgIpc) is 3.11. The molecule has 0 bridgehead atoms. The van der Waals surface area contributed by atoms with Gasteiger partial charge in [0, 0.05) is 30.9 Å². The quantitative estimate of drug-likeness (QED) is 0.493. The molecule has 0 saturated carbocycles. The summed E-state index contributed by atoms with van der Waals surface area (Å²) in [7, 11) is 0. The number of piperidine rings is 1. The Balaban J connectivity index is 1.30. The number of amides is 1. The van der Waals surface area contributed by atoms with Crippen LogP contribution in [0, 0.1) is 30.6 Å². The molecular weight excluding hydrogens is 440 g/mol. The molecule has 168 valence electrons. The SMILES string of the molecule is Cc1ccc(NC(=O)C2CCN(Cn3nc(Nc4ccc(C)c(C)c4)sc3=S)CC2)nc1. The van der Waals surface area contributed by atoms with E-state index in [4.69, 9.17) is 12.2 Å². The van der Waals surface area contributed by atoms with E-state index in [1.165, 1.54) is 22.5 Å². The molecule has 4 rings (SSSR count). The van der Waals surface area contributed by atoms with Gasteiger partial charge in [-0.2, -0.15) is 0 Å². The molecule has 0 spiro atoms. The molecule has 1 aliphatic heterocycles. The van der Waals surface area contributed by atoms with Gasteiger partial charge in [0.25, 0.3) is 0 Å². The minimum absolute atomic E-state index is 0.000219. The summed E-state index contributed by atoms with van der Waals surface area (Å²) in [5.41, 5.74) is 4.59. The van der Waals surface area contributed by atoms with Gasteiger partial charge in [-0.25, -0.2) is 9.67 Å². The molecule has 2 aromatic heterocycles. The monoisotopic (exact) mass is 468 g/mol. The smallest absolute Gasteiger partial charge is 0.228 e. The fourth-order valence-electron chi connectivity index (χ4n) is 3.68. The second-order valence-corrected chi connectivity index (χ2v) is 9.96. The van der Waals surface area contributed by atoms with Crippen LogP contribution in [0.1, 0.15) is 29.5 Å². The molecular formula is C23H28N6OS2. The number of nitrogens with zero attached hydrogens (tertiary/aromatic N) is 4. The Morgan fingerprint density at radius 2 is 1.94 bits per heavy atom. The molecule has 2 N–H and O–H groups in total. The zero-order valence-corrected chi connectivity index (χ0v) is 20.2. The summed E-state index contributed by atoms with van der Waals surface area (Å²) in [5.74, 6) is 0.659. The van der Waals surface area contributed by atoms with Crippen molar-refractivity contribution in [3.63, 3.8) is 0 Å². The second-order valence-electron chi connectivity index (χ2n) is 8.34. The van der Waals surface area contributed by atoms with Gasteiger partial charge < -0.3 is 10.6 Å². The number of hydrogen-bond acceptors (Lipinski definition) is 7. The first kappa shape index (κ1) is 22.6. The van der Waals surface area contributed by atoms with Gasteiger partial charge >= 0.3 is 0 Å². The predicted octanol–water partition coefficient (Wildman–Crippen LogP) is 5.05. The van der Waals surface area contributed by atoms with Gasteiger partial charge in [0.15, 0.2) is 3.95 Å². The lowest BCUT2D eigenvalue weighted by molar-refractivity contribution is -0.121. The van der Waals surface area contributed by atoms with Crippen molar-refractivity contribution >= 4 is 46.1 Å². The van der Waals surface area contributed by atoms with E-state index in [0.29, 0.717) is 12.5 Å². The minimum atomic E-state index is -0.000219. The molecule has 0 atom stereocenters. The Morgan fingerprint density at radius 1 is 1.16 bits per heavy atom. The zero-order valence-electron chi connectivity index (χ0n) is 18.6. The summed E-state index contributed by atoms with van der Waals surface area (Å²) >= 11 is 7.01. The van der Waals surface area contributed by atoms with E-state index >= 15 is 0 Å². The van der Waals surface area contributed by atoms with Crippen molar-refractivity contribution in [2.24, 2.45) is 5.92 Å². The lowest BCUT2D eigenvalue weighted by atomic mass is 9.96. The van der Waals surface area contributed by atoms with Gasteiger partial charge in [-0.15, -0.1) is 5.10 Å². The number of aromatic nitrogens is 3. The van der Waals surface area contributed by atoms with Crippen molar-refractivity contribution < 1.29 is 4.79 Å². The van der Waals surface area contributed by atoms with E-state index in [1.807, 2.05) is 23.7 Å². The highest BCUT2D eigenvalue weighted by atomic mass is 32.1. The summed E-state index contributed by atoms with van der Waals surface area (Å²) in [6, 6.07) is 10.1. The van der Waals surface area contributed by atoms with Gasteiger partial charge in [0.1, 0.15) is 5.82 Å². The van der Waals surface area contributed by atoms with Crippen molar-refractivity contribution in [1.29, 1.82) is 0 Å². The van der Waals surface area contributed by atoms with Crippen molar-refractivity contribution in [3.05, 3.63) is 57.2 Å². The molecule has 1 aliphatic rings. The van der Waals surface area contributed by atoms with Gasteiger partial charge in [0.05, 0.1) is 6.67 Å². The largest absolute Gasteiger partial charge is 0.330 e. The van der Waals surface area contributed by atoms with E-state index in [9.17, 15) is 4.79 Å². The number of rotatable bonds is 6. The molecule has 9 heteroatoms. The molecule has 7 nitrogen and oxygen atoms in total. The molecule has 32 heavy (non-hydrogen) atoms. The summed E-state index contributed by atoms with van der Waals surface area (Å²) in [5, 5.41) is 11.7. The van der Waals surface area contributed by atoms with E-state index in [-0.39, 0.29) is 11.8 Å². The lowest BCUT2D eigenvalue weighted by Crippen LogP contribution is -2.39. The summed E-state index contributed by atoms with van der Waals surface area (Å²) < 4.78 is 2.60. The summed E-state index contributed by atoms with van der Waals surface area (Å²) in [6.07, 6.45) is 3.38. The third-order valence-corrected chi connectivity index (χ3v) is 7.04. The number of benzene rings is 1. The van der Waals surface area contributed by atoms with Crippen LogP contribution in [0.25, 0.3) is 0 Å². The Morgan fingerprint density at radius 3 is 2.62 bits per heavy atom. The van der Waals surface area contributed by atoms with E-state index in [2.05, 4.69) is 57.7 Å². The van der Waals surface area contributed by atoms with Gasteiger partial charge in [-0.1, -0.05) is 23.5 Å². The maximum atomic E-state index is 12.6. The second kappa shape index (κ2) is 9.89. The maximum absolute atomic E-state index is 12.6. The van der Waals surface area contributed by atoms with Gasteiger partial charge in [-0.05, 0) is 80.7 Å². The van der Waals surface area contributed by atoms with Crippen LogP contribution in [0.2, 0.25) is 0 Å². The first-order valence-corrected chi connectivity index (χ1v) is 12.0. The third kappa shape index (κ3) is 5.59. The van der Waals surface area contributed by atoms with Crippen LogP contribution in [0.3, 0.4) is 0 Å². The molecule has 0 aliphatic carbocycles. The highest BCUT2D eigenvalue weighted by molar-refractivity contribution is 7.73. The Kier molecular flexibility index (Phi) is 6.98. The molecule has 0 unspecified atom stereocenters. The van der Waals surface area contributed by atoms with Gasteiger partial charge in [0.2, 0.25) is 11.0 Å². The maximum Gasteiger partial charge on any atom is 0.228 e. The number of aryl methyl sites for hydroxylation is 3. The molecule has 0 radical (unpaired) electrons. The first-order valence-electron chi connectivity index (χ1n) is 10.8. The topological polar surface area (TPSA) is 75.1 Å². The van der Waals surface area contributed by atoms with Crippen molar-refractivity contribution in [1.82, 2.24) is 19.7 Å². The van der Waals surface area contributed by atoms with Crippen LogP contribution >= 0.6 is 23.6 Å². The summed E-state index contributed by atoms with van der Waals surface area (Å²) in [6.45, 7) is 8.48. The molecule has 3 aromatic rings. The molecule has 1 saturated heterocycles. The molecule has 1 fully saturated rings. The Bertz CT molecular complexity index is 1150. The van der Waals surface area contributed by atoms with Gasteiger partial charge in [-0.3, -0.25) is 9.69 Å². The van der Waals surface area contributed by atoms with Crippen LogP contribution in [0.15, 0.2) is 36.5 Å². The molecule has 1 aromatic carbocycles. The number of anilines is 3. The molecule has 3 heterocycles. The number of hydrogen-bond donors (Lipinski definition) is 2. The van der Waals surface area contributed by atoms with E-state index in [1.54, 1.807) is 6.20 Å². The summed E-state index contributed by atoms with van der Waals surface area (Å²) in [4.78, 5) is 19.1. The Hall–Kier alpha value is -2.62. The normalized spacial score (nSPS) is 15.0.